The Kier molecular flexibility index (Phi) is 20.8. The fraction of sp³-hybridized carbons (Fsp3) is 0.250. The zero-order valence-electron chi connectivity index (χ0n) is 48.3. The lowest BCUT2D eigenvalue weighted by atomic mass is 9.17. The van der Waals surface area contributed by atoms with Gasteiger partial charge >= 0.3 is 5.97 Å². The molecule has 0 saturated carbocycles. The SMILES string of the molecule is CCN(CC)c1ccc(-c2n(CC)c3ccccc3[n+]2CC)cc1.CCN(CC)c1ccc(-c2n(CC)c3ccccc3[n+]2CC)cc1.C[B-](c1cccc(F)c1)(c1cccc(F)c1)c1cccc(F)c1.O=C(O)c1ccccc1[O-]. The minimum Gasteiger partial charge on any atom is -0.872 e. The van der Waals surface area contributed by atoms with Crippen LogP contribution in [0.5, 0.6) is 5.75 Å². The highest BCUT2D eigenvalue weighted by Crippen LogP contribution is 2.28. The lowest BCUT2D eigenvalue weighted by Gasteiger charge is -2.39. The van der Waals surface area contributed by atoms with Crippen LogP contribution < -0.4 is 40.4 Å². The fourth-order valence-corrected chi connectivity index (χ4v) is 11.1. The average molecular weight is 1090 g/mol. The van der Waals surface area contributed by atoms with E-state index in [1.165, 1.54) is 117 Å². The van der Waals surface area contributed by atoms with Gasteiger partial charge in [0.15, 0.2) is 22.1 Å². The number of rotatable bonds is 16. The molecular formula is C68H76BF3N6O3. The summed E-state index contributed by atoms with van der Waals surface area (Å²) in [5.41, 5.74) is 12.3. The maximum absolute atomic E-state index is 13.7. The van der Waals surface area contributed by atoms with Gasteiger partial charge in [0.2, 0.25) is 0 Å². The summed E-state index contributed by atoms with van der Waals surface area (Å²) in [4.78, 5) is 15.0. The van der Waals surface area contributed by atoms with Crippen molar-refractivity contribution in [2.24, 2.45) is 0 Å². The smallest absolute Gasteiger partial charge is 0.335 e. The molecule has 0 aliphatic carbocycles. The molecule has 0 bridgehead atoms. The number of para-hydroxylation sites is 5. The van der Waals surface area contributed by atoms with E-state index >= 15 is 0 Å². The van der Waals surface area contributed by atoms with Gasteiger partial charge in [-0.2, -0.15) is 23.2 Å². The van der Waals surface area contributed by atoms with E-state index in [2.05, 4.69) is 181 Å². The van der Waals surface area contributed by atoms with E-state index in [1.807, 2.05) is 6.82 Å². The maximum Gasteiger partial charge on any atom is 0.335 e. The first-order valence-corrected chi connectivity index (χ1v) is 28.4. The summed E-state index contributed by atoms with van der Waals surface area (Å²) >= 11 is 0. The molecule has 9 nitrogen and oxygen atoms in total. The van der Waals surface area contributed by atoms with Crippen LogP contribution in [0.3, 0.4) is 0 Å². The highest BCUT2D eigenvalue weighted by Gasteiger charge is 2.28. The molecular weight excluding hydrogens is 1020 g/mol. The predicted molar refractivity (Wildman–Crippen MR) is 328 cm³/mol. The molecule has 8 aromatic carbocycles. The number of fused-ring (bicyclic) bond motifs is 2. The Hall–Kier alpha value is -8.58. The zero-order chi connectivity index (χ0) is 58.2. The molecule has 0 radical (unpaired) electrons. The normalized spacial score (nSPS) is 11.0. The second kappa shape index (κ2) is 28.0. The third kappa shape index (κ3) is 13.4. The van der Waals surface area contributed by atoms with Crippen LogP contribution in [0.1, 0.15) is 65.7 Å². The van der Waals surface area contributed by atoms with Crippen LogP contribution in [0.15, 0.2) is 194 Å². The largest absolute Gasteiger partial charge is 0.872 e. The standard InChI is InChI=1S/2C21H28N3.C19H15BF3.C7H6O3/c2*1-5-22(6-2)18-15-13-17(14-16-18)21-23(7-3)19-11-9-10-12-20(19)24(21)8-4;1-20(14-5-2-8-17(21)11-14,15-6-3-9-18(22)12-15)16-7-4-10-19(23)13-16;8-6-4-2-1-3-5(6)7(9)10/h2*9-16H,5-8H2,1-4H3;2-13H,1H3;1-4,8H,(H,9,10)/q2*+1;-1;/p-1. The van der Waals surface area contributed by atoms with E-state index in [1.54, 1.807) is 36.4 Å². The van der Waals surface area contributed by atoms with E-state index in [9.17, 15) is 23.1 Å². The average Bonchev–Trinajstić information content (AvgIpc) is 4.27. The first-order valence-electron chi connectivity index (χ1n) is 28.4. The Bertz CT molecular complexity index is 3330. The number of aryl methyl sites for hydroxylation is 4. The van der Waals surface area contributed by atoms with Crippen LogP contribution >= 0.6 is 0 Å². The number of carboxylic acids is 1. The molecule has 10 aromatic rings. The number of aromatic nitrogens is 4. The summed E-state index contributed by atoms with van der Waals surface area (Å²) in [6.07, 6.45) is -1.69. The van der Waals surface area contributed by atoms with Crippen LogP contribution in [0.25, 0.3) is 44.8 Å². The summed E-state index contributed by atoms with van der Waals surface area (Å²) < 4.78 is 50.9. The minimum absolute atomic E-state index is 0.178. The minimum atomic E-state index is -1.69. The number of carboxylic acid groups (broad SMARTS) is 1. The molecule has 10 rings (SSSR count). The Labute approximate surface area is 476 Å². The van der Waals surface area contributed by atoms with Gasteiger partial charge in [-0.25, -0.2) is 36.2 Å². The lowest BCUT2D eigenvalue weighted by molar-refractivity contribution is -0.657. The molecule has 0 atom stereocenters. The molecule has 0 saturated heterocycles. The van der Waals surface area contributed by atoms with E-state index in [-0.39, 0.29) is 23.0 Å². The molecule has 0 amide bonds. The van der Waals surface area contributed by atoms with Crippen molar-refractivity contribution >= 4 is 61.9 Å². The van der Waals surface area contributed by atoms with Crippen LogP contribution in [0, 0.1) is 17.5 Å². The summed E-state index contributed by atoms with van der Waals surface area (Å²) in [7, 11) is 0. The molecule has 2 aromatic heterocycles. The molecule has 0 unspecified atom stereocenters. The van der Waals surface area contributed by atoms with Gasteiger partial charge in [0.1, 0.15) is 17.5 Å². The van der Waals surface area contributed by atoms with Crippen LogP contribution in [0.2, 0.25) is 6.82 Å². The van der Waals surface area contributed by atoms with E-state index < -0.39 is 17.9 Å². The van der Waals surface area contributed by atoms with Gasteiger partial charge in [0, 0.05) is 37.6 Å². The second-order valence-corrected chi connectivity index (χ2v) is 19.8. The number of hydrogen-bond donors (Lipinski definition) is 1. The van der Waals surface area contributed by atoms with Crippen molar-refractivity contribution in [1.82, 2.24) is 9.13 Å². The highest BCUT2D eigenvalue weighted by molar-refractivity contribution is 7.10. The fourth-order valence-electron chi connectivity index (χ4n) is 11.1. The topological polar surface area (TPSA) is 84.5 Å². The molecule has 2 heterocycles. The molecule has 420 valence electrons. The van der Waals surface area contributed by atoms with Crippen molar-refractivity contribution in [3.05, 3.63) is 217 Å². The summed E-state index contributed by atoms with van der Waals surface area (Å²) in [5.74, 6) is -0.143. The third-order valence-electron chi connectivity index (χ3n) is 15.4. The Balaban J connectivity index is 0.000000161. The Morgan fingerprint density at radius 1 is 0.481 bits per heavy atom. The van der Waals surface area contributed by atoms with E-state index in [0.29, 0.717) is 16.4 Å². The first kappa shape index (κ1) is 60.1. The van der Waals surface area contributed by atoms with Gasteiger partial charge in [-0.3, -0.25) is 0 Å². The summed E-state index contributed by atoms with van der Waals surface area (Å²) in [6.45, 7) is 27.7. The van der Waals surface area contributed by atoms with Crippen LogP contribution in [0.4, 0.5) is 24.5 Å². The first-order chi connectivity index (χ1) is 39.2. The Morgan fingerprint density at radius 3 is 1.12 bits per heavy atom. The van der Waals surface area contributed by atoms with Gasteiger partial charge in [-0.05, 0) is 152 Å². The van der Waals surface area contributed by atoms with Crippen molar-refractivity contribution in [2.45, 2.75) is 88.4 Å². The van der Waals surface area contributed by atoms with Gasteiger partial charge in [-0.1, -0.05) is 103 Å². The van der Waals surface area contributed by atoms with Crippen LogP contribution in [-0.2, 0) is 26.2 Å². The van der Waals surface area contributed by atoms with Crippen molar-refractivity contribution in [2.75, 3.05) is 36.0 Å². The van der Waals surface area contributed by atoms with Crippen LogP contribution in [-0.4, -0.2) is 52.5 Å². The number of anilines is 2. The van der Waals surface area contributed by atoms with Crippen molar-refractivity contribution in [1.29, 1.82) is 0 Å². The maximum atomic E-state index is 13.7. The van der Waals surface area contributed by atoms with Gasteiger partial charge in [0.05, 0.1) is 49.0 Å². The third-order valence-corrected chi connectivity index (χ3v) is 15.4. The molecule has 1 N–H and O–H groups in total. The summed E-state index contributed by atoms with van der Waals surface area (Å²) in [5, 5.41) is 19.0. The molecule has 13 heteroatoms. The predicted octanol–water partition coefficient (Wildman–Crippen LogP) is 12.6. The van der Waals surface area contributed by atoms with E-state index in [4.69, 9.17) is 5.11 Å². The molecule has 81 heavy (non-hydrogen) atoms. The van der Waals surface area contributed by atoms with E-state index in [0.717, 1.165) is 52.4 Å². The number of halogens is 3. The molecule has 0 aliphatic rings. The second-order valence-electron chi connectivity index (χ2n) is 19.8. The lowest BCUT2D eigenvalue weighted by Crippen LogP contribution is -2.65. The van der Waals surface area contributed by atoms with Crippen molar-refractivity contribution in [3.63, 3.8) is 0 Å². The van der Waals surface area contributed by atoms with Gasteiger partial charge in [0.25, 0.3) is 11.6 Å². The zero-order valence-corrected chi connectivity index (χ0v) is 48.3. The quantitative estimate of drug-likeness (QED) is 0.0770. The number of carbonyl (C=O) groups is 1. The number of imidazole rings is 2. The molecule has 0 fully saturated rings. The molecule has 0 spiro atoms. The molecule has 0 aliphatic heterocycles. The number of aromatic carboxylic acids is 1. The van der Waals surface area contributed by atoms with Gasteiger partial charge < -0.3 is 20.0 Å². The summed E-state index contributed by atoms with van der Waals surface area (Å²) in [6, 6.07) is 59.6. The highest BCUT2D eigenvalue weighted by atomic mass is 19.1. The monoisotopic (exact) mass is 1090 g/mol. The van der Waals surface area contributed by atoms with Gasteiger partial charge in [-0.15, -0.1) is 0 Å². The number of benzene rings is 8. The van der Waals surface area contributed by atoms with Crippen molar-refractivity contribution < 1.29 is 37.3 Å². The number of nitrogens with zero attached hydrogens (tertiary/aromatic N) is 6. The Morgan fingerprint density at radius 2 is 0.827 bits per heavy atom. The number of hydrogen-bond acceptors (Lipinski definition) is 4. The van der Waals surface area contributed by atoms with Crippen molar-refractivity contribution in [3.8, 4) is 28.5 Å².